The average Bonchev–Trinajstić information content (AvgIpc) is 3.17. The Balaban J connectivity index is 1.18. The molecule has 3 aromatic rings. The van der Waals surface area contributed by atoms with Crippen LogP contribution in [0.4, 0.5) is 0 Å². The van der Waals surface area contributed by atoms with Gasteiger partial charge in [0, 0.05) is 18.0 Å². The zero-order chi connectivity index (χ0) is 20.3. The van der Waals surface area contributed by atoms with Crippen LogP contribution in [-0.2, 0) is 17.8 Å². The van der Waals surface area contributed by atoms with Crippen molar-refractivity contribution in [3.05, 3.63) is 89.5 Å². The number of nitrogens with one attached hydrogen (secondary N) is 1. The van der Waals surface area contributed by atoms with Gasteiger partial charge in [-0.15, -0.1) is 0 Å². The fourth-order valence-electron chi connectivity index (χ4n) is 4.64. The minimum Gasteiger partial charge on any atom is -0.489 e. The molecule has 2 aliphatic rings. The van der Waals surface area contributed by atoms with Crippen molar-refractivity contribution in [3.63, 3.8) is 0 Å². The summed E-state index contributed by atoms with van der Waals surface area (Å²) >= 11 is 0. The molecule has 3 heteroatoms. The van der Waals surface area contributed by atoms with E-state index in [4.69, 9.17) is 4.74 Å². The Morgan fingerprint density at radius 3 is 2.47 bits per heavy atom. The van der Waals surface area contributed by atoms with Crippen molar-refractivity contribution in [2.45, 2.75) is 44.4 Å². The van der Waals surface area contributed by atoms with E-state index in [0.717, 1.165) is 37.7 Å². The van der Waals surface area contributed by atoms with Crippen LogP contribution >= 0.6 is 0 Å². The van der Waals surface area contributed by atoms with Gasteiger partial charge in [0.05, 0.1) is 0 Å². The van der Waals surface area contributed by atoms with Crippen molar-refractivity contribution in [1.29, 1.82) is 0 Å². The summed E-state index contributed by atoms with van der Waals surface area (Å²) in [4.78, 5) is 10.8. The number of carbonyl (C=O) groups is 1. The lowest BCUT2D eigenvalue weighted by molar-refractivity contribution is -0.113. The number of ether oxygens (including phenoxy) is 1. The molecular formula is C27H27NO2. The van der Waals surface area contributed by atoms with E-state index in [2.05, 4.69) is 72.0 Å². The van der Waals surface area contributed by atoms with Crippen LogP contribution in [0.5, 0.6) is 5.75 Å². The van der Waals surface area contributed by atoms with Gasteiger partial charge in [0.1, 0.15) is 18.6 Å². The van der Waals surface area contributed by atoms with Gasteiger partial charge in [-0.05, 0) is 65.6 Å². The normalized spacial score (nSPS) is 22.2. The van der Waals surface area contributed by atoms with Gasteiger partial charge < -0.3 is 14.8 Å². The fourth-order valence-corrected chi connectivity index (χ4v) is 4.64. The lowest BCUT2D eigenvalue weighted by atomic mass is 9.81. The molecule has 1 saturated carbocycles. The molecule has 1 unspecified atom stereocenters. The average molecular weight is 398 g/mol. The number of aldehydes is 1. The second-order valence-corrected chi connectivity index (χ2v) is 8.53. The van der Waals surface area contributed by atoms with E-state index in [-0.39, 0.29) is 5.92 Å². The van der Waals surface area contributed by atoms with Crippen molar-refractivity contribution in [3.8, 4) is 16.9 Å². The number of hydrogen-bond donors (Lipinski definition) is 1. The molecule has 152 valence electrons. The van der Waals surface area contributed by atoms with Gasteiger partial charge in [0.15, 0.2) is 0 Å². The number of fused-ring (bicyclic) bond motifs is 1. The molecule has 0 bridgehead atoms. The summed E-state index contributed by atoms with van der Waals surface area (Å²) in [6.07, 6.45) is 5.28. The molecule has 1 N–H and O–H groups in total. The van der Waals surface area contributed by atoms with Crippen LogP contribution in [-0.4, -0.2) is 12.3 Å². The summed E-state index contributed by atoms with van der Waals surface area (Å²) in [5.41, 5.74) is 6.40. The first-order valence-electron chi connectivity index (χ1n) is 10.9. The van der Waals surface area contributed by atoms with Gasteiger partial charge in [-0.2, -0.15) is 0 Å². The van der Waals surface area contributed by atoms with Gasteiger partial charge in [0.2, 0.25) is 0 Å². The number of hydrogen-bond acceptors (Lipinski definition) is 3. The van der Waals surface area contributed by atoms with E-state index in [1.807, 2.05) is 6.07 Å². The monoisotopic (exact) mass is 397 g/mol. The first kappa shape index (κ1) is 19.1. The Labute approximate surface area is 178 Å². The van der Waals surface area contributed by atoms with Gasteiger partial charge in [-0.1, -0.05) is 60.7 Å². The maximum absolute atomic E-state index is 10.8. The summed E-state index contributed by atoms with van der Waals surface area (Å²) in [6.45, 7) is 0.574. The molecule has 1 atom stereocenters. The Morgan fingerprint density at radius 1 is 0.933 bits per heavy atom. The van der Waals surface area contributed by atoms with Crippen molar-refractivity contribution in [2.75, 3.05) is 0 Å². The molecule has 2 aliphatic carbocycles. The SMILES string of the molecule is O=CC1CC(NC2CCc3cc(OCc4ccc(-c5ccccc5)cc4)ccc32)C1. The highest BCUT2D eigenvalue weighted by molar-refractivity contribution is 5.63. The van der Waals surface area contributed by atoms with E-state index in [1.54, 1.807) is 0 Å². The second kappa shape index (κ2) is 8.45. The van der Waals surface area contributed by atoms with E-state index < -0.39 is 0 Å². The van der Waals surface area contributed by atoms with Gasteiger partial charge >= 0.3 is 0 Å². The highest BCUT2D eigenvalue weighted by Gasteiger charge is 2.32. The molecular weight excluding hydrogens is 370 g/mol. The minimum atomic E-state index is 0.265. The molecule has 30 heavy (non-hydrogen) atoms. The molecule has 0 aliphatic heterocycles. The topological polar surface area (TPSA) is 38.3 Å². The van der Waals surface area contributed by atoms with Crippen molar-refractivity contribution in [2.24, 2.45) is 5.92 Å². The first-order chi connectivity index (χ1) is 14.8. The van der Waals surface area contributed by atoms with Crippen LogP contribution in [0.1, 0.15) is 42.0 Å². The summed E-state index contributed by atoms with van der Waals surface area (Å²) in [6, 6.07) is 26.4. The molecule has 0 heterocycles. The largest absolute Gasteiger partial charge is 0.489 e. The van der Waals surface area contributed by atoms with Crippen LogP contribution in [0, 0.1) is 5.92 Å². The summed E-state index contributed by atoms with van der Waals surface area (Å²) in [5, 5.41) is 3.73. The van der Waals surface area contributed by atoms with E-state index >= 15 is 0 Å². The quantitative estimate of drug-likeness (QED) is 0.536. The molecule has 3 aromatic carbocycles. The number of rotatable bonds is 7. The van der Waals surface area contributed by atoms with Crippen LogP contribution in [0.25, 0.3) is 11.1 Å². The van der Waals surface area contributed by atoms with E-state index in [0.29, 0.717) is 18.7 Å². The van der Waals surface area contributed by atoms with Crippen LogP contribution < -0.4 is 10.1 Å². The van der Waals surface area contributed by atoms with Crippen LogP contribution in [0.3, 0.4) is 0 Å². The van der Waals surface area contributed by atoms with E-state index in [9.17, 15) is 4.79 Å². The number of aryl methyl sites for hydroxylation is 1. The van der Waals surface area contributed by atoms with Crippen LogP contribution in [0.2, 0.25) is 0 Å². The smallest absolute Gasteiger partial charge is 0.123 e. The third-order valence-electron chi connectivity index (χ3n) is 6.46. The zero-order valence-corrected chi connectivity index (χ0v) is 17.1. The maximum Gasteiger partial charge on any atom is 0.123 e. The number of benzene rings is 3. The standard InChI is InChI=1S/C27H27NO2/c29-17-20-14-24(15-20)28-27-13-10-23-16-25(11-12-26(23)27)30-18-19-6-8-22(9-7-19)21-4-2-1-3-5-21/h1-9,11-12,16-17,20,24,27-28H,10,13-15,18H2. The summed E-state index contributed by atoms with van der Waals surface area (Å²) in [5.74, 6) is 1.20. The van der Waals surface area contributed by atoms with E-state index in [1.165, 1.54) is 27.8 Å². The molecule has 0 spiro atoms. The van der Waals surface area contributed by atoms with Crippen molar-refractivity contribution >= 4 is 6.29 Å². The second-order valence-electron chi connectivity index (χ2n) is 8.53. The lowest BCUT2D eigenvalue weighted by Crippen LogP contribution is -2.43. The molecule has 3 nitrogen and oxygen atoms in total. The first-order valence-corrected chi connectivity index (χ1v) is 10.9. The zero-order valence-electron chi connectivity index (χ0n) is 17.1. The predicted octanol–water partition coefficient (Wildman–Crippen LogP) is 5.49. The third kappa shape index (κ3) is 4.03. The lowest BCUT2D eigenvalue weighted by Gasteiger charge is -2.35. The molecule has 5 rings (SSSR count). The maximum atomic E-state index is 10.8. The molecule has 0 radical (unpaired) electrons. The van der Waals surface area contributed by atoms with Gasteiger partial charge in [-0.3, -0.25) is 0 Å². The summed E-state index contributed by atoms with van der Waals surface area (Å²) < 4.78 is 6.08. The predicted molar refractivity (Wildman–Crippen MR) is 119 cm³/mol. The minimum absolute atomic E-state index is 0.265. The Morgan fingerprint density at radius 2 is 1.70 bits per heavy atom. The Kier molecular flexibility index (Phi) is 5.37. The molecule has 1 fully saturated rings. The Bertz CT molecular complexity index is 1010. The highest BCUT2D eigenvalue weighted by atomic mass is 16.5. The third-order valence-corrected chi connectivity index (χ3v) is 6.46. The van der Waals surface area contributed by atoms with Gasteiger partial charge in [-0.25, -0.2) is 0 Å². The van der Waals surface area contributed by atoms with Crippen molar-refractivity contribution in [1.82, 2.24) is 5.32 Å². The molecule has 0 aromatic heterocycles. The molecule has 0 saturated heterocycles. The summed E-state index contributed by atoms with van der Waals surface area (Å²) in [7, 11) is 0. The molecule has 0 amide bonds. The highest BCUT2D eigenvalue weighted by Crippen LogP contribution is 2.36. The van der Waals surface area contributed by atoms with Crippen molar-refractivity contribution < 1.29 is 9.53 Å². The Hall–Kier alpha value is -2.91. The van der Waals surface area contributed by atoms with Gasteiger partial charge in [0.25, 0.3) is 0 Å². The van der Waals surface area contributed by atoms with Crippen LogP contribution in [0.15, 0.2) is 72.8 Å². The number of carbonyl (C=O) groups excluding carboxylic acids is 1. The fraction of sp³-hybridized carbons (Fsp3) is 0.296.